The molecule has 1 amide bonds. The van der Waals surface area contributed by atoms with Crippen LogP contribution < -0.4 is 5.32 Å². The first-order valence-corrected chi connectivity index (χ1v) is 13.4. The normalized spacial score (nSPS) is 15.1. The molecule has 1 aromatic carbocycles. The maximum Gasteiger partial charge on any atom is 0.341 e. The van der Waals surface area contributed by atoms with Gasteiger partial charge in [-0.25, -0.2) is 18.0 Å². The van der Waals surface area contributed by atoms with Crippen LogP contribution in [0.2, 0.25) is 0 Å². The highest BCUT2D eigenvalue weighted by Crippen LogP contribution is 2.40. The highest BCUT2D eigenvalue weighted by molar-refractivity contribution is 7.90. The van der Waals surface area contributed by atoms with E-state index in [1.54, 1.807) is 6.92 Å². The SMILES string of the molecule is CCOC(=O)c1c(NC(=O)COC(=O)c2ccc(S(C)(=O)=O)c([N+](=O)[O-])c2)sc2c1CC[C@H](C)C2. The maximum absolute atomic E-state index is 12.5. The summed E-state index contributed by atoms with van der Waals surface area (Å²) < 4.78 is 33.6. The highest BCUT2D eigenvalue weighted by atomic mass is 32.2. The molecule has 2 aromatic rings. The van der Waals surface area contributed by atoms with Gasteiger partial charge in [0.1, 0.15) is 9.90 Å². The molecular formula is C22H24N2O9S2. The van der Waals surface area contributed by atoms with E-state index < -0.39 is 49.8 Å². The lowest BCUT2D eigenvalue weighted by molar-refractivity contribution is -0.387. The summed E-state index contributed by atoms with van der Waals surface area (Å²) in [5.41, 5.74) is 0.107. The number of sulfone groups is 1. The lowest BCUT2D eigenvalue weighted by atomic mass is 9.88. The van der Waals surface area contributed by atoms with Crippen molar-refractivity contribution in [1.29, 1.82) is 0 Å². The molecule has 0 bridgehead atoms. The van der Waals surface area contributed by atoms with Gasteiger partial charge >= 0.3 is 11.9 Å². The van der Waals surface area contributed by atoms with Crippen molar-refractivity contribution >= 4 is 49.7 Å². The Kier molecular flexibility index (Phi) is 7.90. The van der Waals surface area contributed by atoms with E-state index in [0.717, 1.165) is 47.7 Å². The summed E-state index contributed by atoms with van der Waals surface area (Å²) in [4.78, 5) is 48.2. The van der Waals surface area contributed by atoms with E-state index in [9.17, 15) is 32.9 Å². The van der Waals surface area contributed by atoms with Gasteiger partial charge in [-0.15, -0.1) is 11.3 Å². The largest absolute Gasteiger partial charge is 0.462 e. The summed E-state index contributed by atoms with van der Waals surface area (Å²) in [6.07, 6.45) is 3.18. The van der Waals surface area contributed by atoms with Crippen LogP contribution in [0.15, 0.2) is 23.1 Å². The number of amides is 1. The topological polar surface area (TPSA) is 159 Å². The fourth-order valence-corrected chi connectivity index (χ4v) is 5.98. The molecule has 11 nitrogen and oxygen atoms in total. The molecular weight excluding hydrogens is 500 g/mol. The second-order valence-corrected chi connectivity index (χ2v) is 11.2. The highest BCUT2D eigenvalue weighted by Gasteiger charge is 2.29. The van der Waals surface area contributed by atoms with Gasteiger partial charge in [0, 0.05) is 17.2 Å². The van der Waals surface area contributed by atoms with Gasteiger partial charge in [-0.3, -0.25) is 14.9 Å². The van der Waals surface area contributed by atoms with Crippen LogP contribution in [0.4, 0.5) is 10.7 Å². The zero-order valence-corrected chi connectivity index (χ0v) is 20.9. The van der Waals surface area contributed by atoms with Crippen molar-refractivity contribution in [3.63, 3.8) is 0 Å². The van der Waals surface area contributed by atoms with Gasteiger partial charge in [0.15, 0.2) is 16.4 Å². The van der Waals surface area contributed by atoms with Gasteiger partial charge in [0.25, 0.3) is 11.6 Å². The number of carbonyl (C=O) groups excluding carboxylic acids is 3. The first-order chi connectivity index (χ1) is 16.4. The van der Waals surface area contributed by atoms with Gasteiger partial charge < -0.3 is 14.8 Å². The fourth-order valence-electron chi connectivity index (χ4n) is 3.74. The monoisotopic (exact) mass is 524 g/mol. The number of benzene rings is 1. The summed E-state index contributed by atoms with van der Waals surface area (Å²) in [5.74, 6) is -1.85. The summed E-state index contributed by atoms with van der Waals surface area (Å²) in [7, 11) is -3.90. The molecule has 1 aliphatic rings. The van der Waals surface area contributed by atoms with E-state index in [-0.39, 0.29) is 12.2 Å². The number of hydrogen-bond acceptors (Lipinski definition) is 10. The van der Waals surface area contributed by atoms with Crippen LogP contribution in [0.3, 0.4) is 0 Å². The number of fused-ring (bicyclic) bond motifs is 1. The molecule has 1 N–H and O–H groups in total. The molecule has 0 aliphatic heterocycles. The Labute approximate surface area is 205 Å². The van der Waals surface area contributed by atoms with E-state index in [1.807, 2.05) is 0 Å². The Morgan fingerprint density at radius 3 is 2.57 bits per heavy atom. The van der Waals surface area contributed by atoms with E-state index in [1.165, 1.54) is 11.3 Å². The first-order valence-electron chi connectivity index (χ1n) is 10.7. The quantitative estimate of drug-likeness (QED) is 0.311. The summed E-state index contributed by atoms with van der Waals surface area (Å²) in [6, 6.07) is 2.79. The summed E-state index contributed by atoms with van der Waals surface area (Å²) in [6.45, 7) is 3.25. The Balaban J connectivity index is 1.74. The number of rotatable bonds is 8. The van der Waals surface area contributed by atoms with E-state index in [4.69, 9.17) is 9.47 Å². The lowest BCUT2D eigenvalue weighted by Gasteiger charge is -2.18. The number of nitrogens with one attached hydrogen (secondary N) is 1. The Hall–Kier alpha value is -3.32. The van der Waals surface area contributed by atoms with Crippen LogP contribution in [0.25, 0.3) is 0 Å². The average molecular weight is 525 g/mol. The molecule has 0 unspecified atom stereocenters. The standard InChI is InChI=1S/C22H24N2O9S2/c1-4-32-22(27)19-14-7-5-12(2)9-16(14)34-20(19)23-18(25)11-33-21(26)13-6-8-17(35(3,30)31)15(10-13)24(28)29/h6,8,10,12H,4-5,7,9,11H2,1-3H3,(H,23,25)/t12-/m0/s1. The molecule has 1 aliphatic carbocycles. The van der Waals surface area contributed by atoms with Crippen molar-refractivity contribution in [3.8, 4) is 0 Å². The number of esters is 2. The average Bonchev–Trinajstić information content (AvgIpc) is 3.13. The van der Waals surface area contributed by atoms with Gasteiger partial charge in [-0.1, -0.05) is 6.92 Å². The molecule has 0 radical (unpaired) electrons. The predicted octanol–water partition coefficient (Wildman–Crippen LogP) is 3.16. The third kappa shape index (κ3) is 6.03. The van der Waals surface area contributed by atoms with Crippen molar-refractivity contribution in [2.45, 2.75) is 38.0 Å². The van der Waals surface area contributed by atoms with E-state index in [0.29, 0.717) is 22.9 Å². The van der Waals surface area contributed by atoms with Crippen LogP contribution in [0, 0.1) is 16.0 Å². The number of thiophene rings is 1. The molecule has 1 atom stereocenters. The van der Waals surface area contributed by atoms with Crippen LogP contribution in [0.5, 0.6) is 0 Å². The number of carbonyl (C=O) groups is 3. The molecule has 0 spiro atoms. The maximum atomic E-state index is 12.5. The fraction of sp³-hybridized carbons (Fsp3) is 0.409. The molecule has 188 valence electrons. The Bertz CT molecular complexity index is 1300. The molecule has 0 fully saturated rings. The van der Waals surface area contributed by atoms with Crippen molar-refractivity contribution in [2.75, 3.05) is 24.8 Å². The summed E-state index contributed by atoms with van der Waals surface area (Å²) in [5, 5.41) is 14.2. The molecule has 0 saturated carbocycles. The van der Waals surface area contributed by atoms with E-state index >= 15 is 0 Å². The second-order valence-electron chi connectivity index (χ2n) is 8.11. The number of anilines is 1. The van der Waals surface area contributed by atoms with Crippen LogP contribution in [-0.2, 0) is 36.9 Å². The predicted molar refractivity (Wildman–Crippen MR) is 127 cm³/mol. The first kappa shape index (κ1) is 26.3. The molecule has 1 aromatic heterocycles. The number of hydrogen-bond donors (Lipinski definition) is 1. The van der Waals surface area contributed by atoms with Crippen molar-refractivity contribution < 1.29 is 37.2 Å². The zero-order valence-electron chi connectivity index (χ0n) is 19.3. The number of ether oxygens (including phenoxy) is 2. The number of nitro groups is 1. The van der Waals surface area contributed by atoms with Gasteiger partial charge in [-0.2, -0.15) is 0 Å². The number of nitrogens with zero attached hydrogens (tertiary/aromatic N) is 1. The van der Waals surface area contributed by atoms with Gasteiger partial charge in [-0.05, 0) is 49.8 Å². The van der Waals surface area contributed by atoms with E-state index in [2.05, 4.69) is 12.2 Å². The van der Waals surface area contributed by atoms with Crippen LogP contribution in [0.1, 0.15) is 51.4 Å². The third-order valence-corrected chi connectivity index (χ3v) is 7.68. The van der Waals surface area contributed by atoms with Crippen LogP contribution in [-0.4, -0.2) is 50.7 Å². The second kappa shape index (κ2) is 10.5. The van der Waals surface area contributed by atoms with Crippen LogP contribution >= 0.6 is 11.3 Å². The zero-order chi connectivity index (χ0) is 25.9. The summed E-state index contributed by atoms with van der Waals surface area (Å²) >= 11 is 1.28. The van der Waals surface area contributed by atoms with Crippen molar-refractivity contribution in [1.82, 2.24) is 0 Å². The van der Waals surface area contributed by atoms with Gasteiger partial charge in [0.05, 0.1) is 22.7 Å². The minimum absolute atomic E-state index is 0.176. The molecule has 13 heteroatoms. The Morgan fingerprint density at radius 2 is 1.94 bits per heavy atom. The smallest absolute Gasteiger partial charge is 0.341 e. The minimum atomic E-state index is -3.90. The van der Waals surface area contributed by atoms with Crippen molar-refractivity contribution in [3.05, 3.63) is 49.9 Å². The van der Waals surface area contributed by atoms with Gasteiger partial charge in [0.2, 0.25) is 0 Å². The molecule has 35 heavy (non-hydrogen) atoms. The minimum Gasteiger partial charge on any atom is -0.462 e. The number of nitro benzene ring substituents is 1. The molecule has 0 saturated heterocycles. The molecule has 1 heterocycles. The lowest BCUT2D eigenvalue weighted by Crippen LogP contribution is -2.22. The van der Waals surface area contributed by atoms with Crippen molar-refractivity contribution in [2.24, 2.45) is 5.92 Å². The third-order valence-electron chi connectivity index (χ3n) is 5.37. The molecule has 3 rings (SSSR count). The Morgan fingerprint density at radius 1 is 1.23 bits per heavy atom.